The van der Waals surface area contributed by atoms with E-state index < -0.39 is 0 Å². The highest BCUT2D eigenvalue weighted by atomic mass is 15.0. The Morgan fingerprint density at radius 2 is 1.67 bits per heavy atom. The topological polar surface area (TPSA) is 12.0 Å². The van der Waals surface area contributed by atoms with Gasteiger partial charge in [0, 0.05) is 11.1 Å². The van der Waals surface area contributed by atoms with Crippen LogP contribution in [0, 0.1) is 0 Å². The maximum absolute atomic E-state index is 3.76. The van der Waals surface area contributed by atoms with E-state index in [0.717, 1.165) is 12.8 Å². The molecule has 0 radical (unpaired) electrons. The smallest absolute Gasteiger partial charge is 0.0164 e. The minimum absolute atomic E-state index is 0.168. The SMILES string of the molecule is C=CCC(C)(C)NC(C)(C)CC. The molecule has 0 atom stereocenters. The van der Waals surface area contributed by atoms with E-state index in [1.807, 2.05) is 6.08 Å². The number of hydrogen-bond donors (Lipinski definition) is 1. The summed E-state index contributed by atoms with van der Waals surface area (Å²) in [6, 6.07) is 0. The maximum Gasteiger partial charge on any atom is 0.0164 e. The first-order valence-corrected chi connectivity index (χ1v) is 4.73. The van der Waals surface area contributed by atoms with Crippen molar-refractivity contribution in [3.8, 4) is 0 Å². The summed E-state index contributed by atoms with van der Waals surface area (Å²) < 4.78 is 0. The highest BCUT2D eigenvalue weighted by Gasteiger charge is 2.24. The fourth-order valence-electron chi connectivity index (χ4n) is 1.42. The molecule has 1 nitrogen and oxygen atoms in total. The van der Waals surface area contributed by atoms with E-state index in [4.69, 9.17) is 0 Å². The second-order valence-corrected chi connectivity index (χ2v) is 4.74. The van der Waals surface area contributed by atoms with Gasteiger partial charge >= 0.3 is 0 Å². The van der Waals surface area contributed by atoms with Gasteiger partial charge in [-0.25, -0.2) is 0 Å². The Balaban J connectivity index is 4.12. The molecule has 0 aliphatic carbocycles. The van der Waals surface area contributed by atoms with Crippen LogP contribution in [0.15, 0.2) is 12.7 Å². The van der Waals surface area contributed by atoms with Crippen molar-refractivity contribution in [3.63, 3.8) is 0 Å². The first-order valence-electron chi connectivity index (χ1n) is 4.73. The van der Waals surface area contributed by atoms with Crippen molar-refractivity contribution >= 4 is 0 Å². The molecule has 72 valence electrons. The molecule has 0 rings (SSSR count). The molecule has 0 unspecified atom stereocenters. The summed E-state index contributed by atoms with van der Waals surface area (Å²) in [6.45, 7) is 14.9. The predicted octanol–water partition coefficient (Wildman–Crippen LogP) is 3.12. The van der Waals surface area contributed by atoms with Crippen LogP contribution in [0.1, 0.15) is 47.5 Å². The van der Waals surface area contributed by atoms with Gasteiger partial charge in [-0.1, -0.05) is 13.0 Å². The zero-order chi connectivity index (χ0) is 9.83. The molecule has 0 bridgehead atoms. The Bertz CT molecular complexity index is 145. The Labute approximate surface area is 77.2 Å². The number of hydrogen-bond acceptors (Lipinski definition) is 1. The maximum atomic E-state index is 3.76. The third kappa shape index (κ3) is 4.55. The van der Waals surface area contributed by atoms with Crippen LogP contribution in [0.5, 0.6) is 0 Å². The van der Waals surface area contributed by atoms with Crippen LogP contribution < -0.4 is 5.32 Å². The molecule has 1 heteroatoms. The first-order chi connectivity index (χ1) is 5.33. The molecule has 0 aliphatic heterocycles. The molecule has 12 heavy (non-hydrogen) atoms. The summed E-state index contributed by atoms with van der Waals surface area (Å²) >= 11 is 0. The summed E-state index contributed by atoms with van der Waals surface area (Å²) in [5.41, 5.74) is 0.397. The Morgan fingerprint density at radius 3 is 2.00 bits per heavy atom. The highest BCUT2D eigenvalue weighted by molar-refractivity contribution is 4.91. The van der Waals surface area contributed by atoms with Crippen LogP contribution in [-0.4, -0.2) is 11.1 Å². The lowest BCUT2D eigenvalue weighted by molar-refractivity contribution is 0.260. The molecule has 0 saturated carbocycles. The normalized spacial score (nSPS) is 13.1. The molecule has 0 spiro atoms. The van der Waals surface area contributed by atoms with Gasteiger partial charge in [0.05, 0.1) is 0 Å². The predicted molar refractivity (Wildman–Crippen MR) is 56.4 cm³/mol. The summed E-state index contributed by atoms with van der Waals surface area (Å²) in [7, 11) is 0. The fraction of sp³-hybridized carbons (Fsp3) is 0.818. The van der Waals surface area contributed by atoms with Crippen molar-refractivity contribution in [1.29, 1.82) is 0 Å². The van der Waals surface area contributed by atoms with Crippen molar-refractivity contribution in [3.05, 3.63) is 12.7 Å². The van der Waals surface area contributed by atoms with Crippen molar-refractivity contribution < 1.29 is 0 Å². The van der Waals surface area contributed by atoms with E-state index >= 15 is 0 Å². The van der Waals surface area contributed by atoms with Gasteiger partial charge in [-0.2, -0.15) is 0 Å². The molecule has 0 heterocycles. The van der Waals surface area contributed by atoms with E-state index in [0.29, 0.717) is 0 Å². The molecular weight excluding hydrogens is 146 g/mol. The van der Waals surface area contributed by atoms with E-state index in [-0.39, 0.29) is 11.1 Å². The lowest BCUT2D eigenvalue weighted by Gasteiger charge is -2.36. The van der Waals surface area contributed by atoms with Gasteiger partial charge in [0.1, 0.15) is 0 Å². The lowest BCUT2D eigenvalue weighted by Crippen LogP contribution is -2.51. The first kappa shape index (κ1) is 11.7. The van der Waals surface area contributed by atoms with Crippen LogP contribution in [0.3, 0.4) is 0 Å². The summed E-state index contributed by atoms with van der Waals surface area (Å²) in [5, 5.41) is 3.61. The highest BCUT2D eigenvalue weighted by Crippen LogP contribution is 2.17. The second kappa shape index (κ2) is 4.08. The zero-order valence-corrected chi connectivity index (χ0v) is 9.20. The van der Waals surface area contributed by atoms with Crippen LogP contribution in [0.4, 0.5) is 0 Å². The summed E-state index contributed by atoms with van der Waals surface area (Å²) in [6.07, 6.45) is 4.13. The largest absolute Gasteiger partial charge is 0.307 e. The standard InChI is InChI=1S/C11H23N/c1-7-9-11(5,6)12-10(3,4)8-2/h7,12H,1,8-9H2,2-6H3. The van der Waals surface area contributed by atoms with Crippen molar-refractivity contribution in [2.45, 2.75) is 58.5 Å². The van der Waals surface area contributed by atoms with E-state index in [9.17, 15) is 0 Å². The van der Waals surface area contributed by atoms with Gasteiger partial charge < -0.3 is 5.32 Å². The van der Waals surface area contributed by atoms with Gasteiger partial charge in [0.25, 0.3) is 0 Å². The molecule has 0 fully saturated rings. The van der Waals surface area contributed by atoms with Crippen molar-refractivity contribution in [2.24, 2.45) is 0 Å². The Hall–Kier alpha value is -0.300. The van der Waals surface area contributed by atoms with Crippen LogP contribution >= 0.6 is 0 Å². The zero-order valence-electron chi connectivity index (χ0n) is 9.20. The second-order valence-electron chi connectivity index (χ2n) is 4.74. The molecule has 1 N–H and O–H groups in total. The van der Waals surface area contributed by atoms with Crippen molar-refractivity contribution in [2.75, 3.05) is 0 Å². The monoisotopic (exact) mass is 169 g/mol. The summed E-state index contributed by atoms with van der Waals surface area (Å²) in [5.74, 6) is 0. The molecule has 0 amide bonds. The van der Waals surface area contributed by atoms with Gasteiger partial charge in [0.2, 0.25) is 0 Å². The molecule has 0 aliphatic rings. The summed E-state index contributed by atoms with van der Waals surface area (Å²) in [4.78, 5) is 0. The van der Waals surface area contributed by atoms with Crippen LogP contribution in [0.2, 0.25) is 0 Å². The van der Waals surface area contributed by atoms with Gasteiger partial charge in [0.15, 0.2) is 0 Å². The Morgan fingerprint density at radius 1 is 1.17 bits per heavy atom. The molecule has 0 aromatic carbocycles. The molecular formula is C11H23N. The van der Waals surface area contributed by atoms with Crippen LogP contribution in [0.25, 0.3) is 0 Å². The third-order valence-corrected chi connectivity index (χ3v) is 2.22. The van der Waals surface area contributed by atoms with E-state index in [1.54, 1.807) is 0 Å². The van der Waals surface area contributed by atoms with Crippen molar-refractivity contribution in [1.82, 2.24) is 5.32 Å². The fourth-order valence-corrected chi connectivity index (χ4v) is 1.42. The average molecular weight is 169 g/mol. The van der Waals surface area contributed by atoms with Gasteiger partial charge in [-0.15, -0.1) is 6.58 Å². The Kier molecular flexibility index (Phi) is 3.98. The van der Waals surface area contributed by atoms with Gasteiger partial charge in [-0.05, 0) is 40.5 Å². The molecule has 0 aromatic heterocycles. The third-order valence-electron chi connectivity index (χ3n) is 2.22. The lowest BCUT2D eigenvalue weighted by atomic mass is 9.93. The number of rotatable bonds is 5. The van der Waals surface area contributed by atoms with Gasteiger partial charge in [-0.3, -0.25) is 0 Å². The number of nitrogens with one attached hydrogen (secondary N) is 1. The van der Waals surface area contributed by atoms with Crippen LogP contribution in [-0.2, 0) is 0 Å². The molecule has 0 aromatic rings. The average Bonchev–Trinajstić information content (AvgIpc) is 1.85. The quantitative estimate of drug-likeness (QED) is 0.623. The van der Waals surface area contributed by atoms with E-state index in [1.165, 1.54) is 0 Å². The van der Waals surface area contributed by atoms with E-state index in [2.05, 4.69) is 46.5 Å². The molecule has 0 saturated heterocycles. The minimum atomic E-state index is 0.168. The minimum Gasteiger partial charge on any atom is -0.307 e.